The SMILES string of the molecule is Cc1ncccc1C(=O)NCCCCC(N)=S. The highest BCUT2D eigenvalue weighted by Gasteiger charge is 2.07. The molecule has 5 heteroatoms. The van der Waals surface area contributed by atoms with Gasteiger partial charge in [-0.25, -0.2) is 0 Å². The zero-order valence-corrected chi connectivity index (χ0v) is 10.7. The molecular weight excluding hydrogens is 234 g/mol. The molecule has 1 rings (SSSR count). The molecule has 0 radical (unpaired) electrons. The van der Waals surface area contributed by atoms with Crippen LogP contribution in [0.15, 0.2) is 18.3 Å². The third-order valence-electron chi connectivity index (χ3n) is 2.39. The zero-order chi connectivity index (χ0) is 12.7. The number of unbranched alkanes of at least 4 members (excludes halogenated alkanes) is 1. The largest absolute Gasteiger partial charge is 0.393 e. The normalized spacial score (nSPS) is 9.94. The smallest absolute Gasteiger partial charge is 0.253 e. The van der Waals surface area contributed by atoms with Gasteiger partial charge < -0.3 is 11.1 Å². The fraction of sp³-hybridized carbons (Fsp3) is 0.417. The van der Waals surface area contributed by atoms with Crippen molar-refractivity contribution in [1.82, 2.24) is 10.3 Å². The molecule has 0 aliphatic rings. The Morgan fingerprint density at radius 3 is 2.94 bits per heavy atom. The van der Waals surface area contributed by atoms with Gasteiger partial charge in [0.25, 0.3) is 5.91 Å². The van der Waals surface area contributed by atoms with Crippen LogP contribution in [0.5, 0.6) is 0 Å². The van der Waals surface area contributed by atoms with E-state index in [9.17, 15) is 4.79 Å². The Morgan fingerprint density at radius 2 is 2.29 bits per heavy atom. The minimum atomic E-state index is -0.0778. The first-order valence-electron chi connectivity index (χ1n) is 5.59. The lowest BCUT2D eigenvalue weighted by atomic mass is 10.2. The molecule has 3 N–H and O–H groups in total. The predicted octanol–water partition coefficient (Wildman–Crippen LogP) is 1.58. The molecule has 0 aromatic carbocycles. The molecule has 1 amide bonds. The van der Waals surface area contributed by atoms with Crippen molar-refractivity contribution < 1.29 is 4.79 Å². The highest BCUT2D eigenvalue weighted by molar-refractivity contribution is 7.80. The Bertz CT molecular complexity index is 406. The van der Waals surface area contributed by atoms with Crippen LogP contribution in [0.4, 0.5) is 0 Å². The molecule has 0 atom stereocenters. The van der Waals surface area contributed by atoms with Crippen LogP contribution < -0.4 is 11.1 Å². The molecule has 0 fully saturated rings. The monoisotopic (exact) mass is 251 g/mol. The average molecular weight is 251 g/mol. The van der Waals surface area contributed by atoms with Gasteiger partial charge in [0.05, 0.1) is 10.6 Å². The van der Waals surface area contributed by atoms with Crippen molar-refractivity contribution in [3.63, 3.8) is 0 Å². The lowest BCUT2D eigenvalue weighted by Crippen LogP contribution is -2.25. The van der Waals surface area contributed by atoms with Gasteiger partial charge in [-0.3, -0.25) is 9.78 Å². The fourth-order valence-electron chi connectivity index (χ4n) is 1.45. The molecule has 0 aliphatic heterocycles. The fourth-order valence-corrected chi connectivity index (χ4v) is 1.59. The summed E-state index contributed by atoms with van der Waals surface area (Å²) in [5.41, 5.74) is 6.75. The van der Waals surface area contributed by atoms with Crippen LogP contribution in [0.3, 0.4) is 0 Å². The van der Waals surface area contributed by atoms with Gasteiger partial charge in [0.15, 0.2) is 0 Å². The minimum Gasteiger partial charge on any atom is -0.393 e. The van der Waals surface area contributed by atoms with Crippen LogP contribution >= 0.6 is 12.2 Å². The van der Waals surface area contributed by atoms with Crippen molar-refractivity contribution in [3.8, 4) is 0 Å². The molecule has 0 unspecified atom stereocenters. The first-order valence-corrected chi connectivity index (χ1v) is 6.00. The number of nitrogens with zero attached hydrogens (tertiary/aromatic N) is 1. The van der Waals surface area contributed by atoms with Crippen molar-refractivity contribution in [3.05, 3.63) is 29.6 Å². The number of nitrogens with two attached hydrogens (primary N) is 1. The third kappa shape index (κ3) is 4.91. The van der Waals surface area contributed by atoms with Gasteiger partial charge in [0.1, 0.15) is 0 Å². The molecule has 17 heavy (non-hydrogen) atoms. The van der Waals surface area contributed by atoms with Crippen molar-refractivity contribution in [2.24, 2.45) is 5.73 Å². The molecule has 4 nitrogen and oxygen atoms in total. The van der Waals surface area contributed by atoms with Crippen LogP contribution in [0.25, 0.3) is 0 Å². The van der Waals surface area contributed by atoms with Gasteiger partial charge >= 0.3 is 0 Å². The Hall–Kier alpha value is -1.49. The molecule has 1 heterocycles. The van der Waals surface area contributed by atoms with Crippen LogP contribution in [-0.4, -0.2) is 22.4 Å². The van der Waals surface area contributed by atoms with Crippen molar-refractivity contribution in [2.45, 2.75) is 26.2 Å². The second-order valence-corrected chi connectivity index (χ2v) is 4.34. The Morgan fingerprint density at radius 1 is 1.53 bits per heavy atom. The third-order valence-corrected chi connectivity index (χ3v) is 2.59. The highest BCUT2D eigenvalue weighted by atomic mass is 32.1. The number of amides is 1. The number of hydrogen-bond acceptors (Lipinski definition) is 3. The summed E-state index contributed by atoms with van der Waals surface area (Å²) in [7, 11) is 0. The number of carbonyl (C=O) groups is 1. The number of pyridine rings is 1. The number of hydrogen-bond donors (Lipinski definition) is 2. The second-order valence-electron chi connectivity index (χ2n) is 3.82. The Kier molecular flexibility index (Phi) is 5.56. The van der Waals surface area contributed by atoms with Gasteiger partial charge in [-0.1, -0.05) is 12.2 Å². The summed E-state index contributed by atoms with van der Waals surface area (Å²) < 4.78 is 0. The summed E-state index contributed by atoms with van der Waals surface area (Å²) in [6, 6.07) is 3.53. The summed E-state index contributed by atoms with van der Waals surface area (Å²) in [6.07, 6.45) is 4.19. The van der Waals surface area contributed by atoms with E-state index in [1.54, 1.807) is 18.3 Å². The topological polar surface area (TPSA) is 68.0 Å². The van der Waals surface area contributed by atoms with Crippen LogP contribution in [0, 0.1) is 6.92 Å². The van der Waals surface area contributed by atoms with Crippen LogP contribution in [-0.2, 0) is 0 Å². The first-order chi connectivity index (χ1) is 8.11. The van der Waals surface area contributed by atoms with E-state index in [1.165, 1.54) is 0 Å². The van der Waals surface area contributed by atoms with Crippen LogP contribution in [0.2, 0.25) is 0 Å². The number of carbonyl (C=O) groups excluding carboxylic acids is 1. The number of nitrogens with one attached hydrogen (secondary N) is 1. The maximum absolute atomic E-state index is 11.8. The predicted molar refractivity (Wildman–Crippen MR) is 71.9 cm³/mol. The summed E-state index contributed by atoms with van der Waals surface area (Å²) in [5.74, 6) is -0.0778. The number of aryl methyl sites for hydroxylation is 1. The van der Waals surface area contributed by atoms with Gasteiger partial charge in [0.2, 0.25) is 0 Å². The number of rotatable bonds is 6. The average Bonchev–Trinajstić information content (AvgIpc) is 2.28. The van der Waals surface area contributed by atoms with E-state index < -0.39 is 0 Å². The van der Waals surface area contributed by atoms with Crippen molar-refractivity contribution >= 4 is 23.1 Å². The van der Waals surface area contributed by atoms with E-state index in [2.05, 4.69) is 10.3 Å². The van der Waals surface area contributed by atoms with E-state index in [0.717, 1.165) is 25.0 Å². The molecule has 0 aliphatic carbocycles. The second kappa shape index (κ2) is 6.96. The molecular formula is C12H17N3OS. The highest BCUT2D eigenvalue weighted by Crippen LogP contribution is 2.03. The molecule has 1 aromatic heterocycles. The maximum atomic E-state index is 11.8. The molecule has 0 bridgehead atoms. The number of thiocarbonyl (C=S) groups is 1. The van der Waals surface area contributed by atoms with E-state index in [1.807, 2.05) is 6.92 Å². The Labute approximate surface area is 107 Å². The van der Waals surface area contributed by atoms with E-state index >= 15 is 0 Å². The van der Waals surface area contributed by atoms with E-state index in [-0.39, 0.29) is 5.91 Å². The number of aromatic nitrogens is 1. The molecule has 1 aromatic rings. The Balaban J connectivity index is 2.31. The molecule has 92 valence electrons. The molecule has 0 saturated carbocycles. The maximum Gasteiger partial charge on any atom is 0.253 e. The first kappa shape index (κ1) is 13.6. The zero-order valence-electron chi connectivity index (χ0n) is 9.90. The van der Waals surface area contributed by atoms with Gasteiger partial charge in [-0.2, -0.15) is 0 Å². The van der Waals surface area contributed by atoms with E-state index in [4.69, 9.17) is 18.0 Å². The van der Waals surface area contributed by atoms with Crippen molar-refractivity contribution in [2.75, 3.05) is 6.54 Å². The standard InChI is InChI=1S/C12H17N3OS/c1-9-10(5-4-8-14-9)12(16)15-7-3-2-6-11(13)17/h4-5,8H,2-3,6-7H2,1H3,(H2,13,17)(H,15,16). The van der Waals surface area contributed by atoms with Crippen molar-refractivity contribution in [1.29, 1.82) is 0 Å². The van der Waals surface area contributed by atoms with E-state index in [0.29, 0.717) is 17.1 Å². The lowest BCUT2D eigenvalue weighted by molar-refractivity contribution is 0.0952. The van der Waals surface area contributed by atoms with Gasteiger partial charge in [0, 0.05) is 18.4 Å². The summed E-state index contributed by atoms with van der Waals surface area (Å²) >= 11 is 4.77. The van der Waals surface area contributed by atoms with Gasteiger partial charge in [-0.05, 0) is 38.3 Å². The van der Waals surface area contributed by atoms with Crippen LogP contribution in [0.1, 0.15) is 35.3 Å². The summed E-state index contributed by atoms with van der Waals surface area (Å²) in [4.78, 5) is 16.4. The summed E-state index contributed by atoms with van der Waals surface area (Å²) in [5, 5.41) is 2.85. The minimum absolute atomic E-state index is 0.0778. The van der Waals surface area contributed by atoms with Gasteiger partial charge in [-0.15, -0.1) is 0 Å². The summed E-state index contributed by atoms with van der Waals surface area (Å²) in [6.45, 7) is 2.46. The molecule has 0 saturated heterocycles. The lowest BCUT2D eigenvalue weighted by Gasteiger charge is -2.06. The quantitative estimate of drug-likeness (QED) is 0.595. The molecule has 0 spiro atoms.